The van der Waals surface area contributed by atoms with Gasteiger partial charge in [0.15, 0.2) is 5.96 Å². The first-order valence-corrected chi connectivity index (χ1v) is 9.74. The van der Waals surface area contributed by atoms with Crippen LogP contribution in [0.5, 0.6) is 0 Å². The summed E-state index contributed by atoms with van der Waals surface area (Å²) in [4.78, 5) is 6.90. The van der Waals surface area contributed by atoms with E-state index in [0.29, 0.717) is 11.3 Å². The highest BCUT2D eigenvalue weighted by Gasteiger charge is 2.42. The van der Waals surface area contributed by atoms with Gasteiger partial charge in [-0.15, -0.1) is 0 Å². The van der Waals surface area contributed by atoms with Crippen molar-refractivity contribution in [3.8, 4) is 0 Å². The molecule has 1 N–H and O–H groups in total. The van der Waals surface area contributed by atoms with E-state index in [4.69, 9.17) is 4.74 Å². The third kappa shape index (κ3) is 4.55. The van der Waals surface area contributed by atoms with Gasteiger partial charge in [-0.25, -0.2) is 0 Å². The lowest BCUT2D eigenvalue weighted by Gasteiger charge is -2.25. The number of aliphatic imine (C=N–C) groups is 1. The molecule has 2 fully saturated rings. The van der Waals surface area contributed by atoms with Crippen LogP contribution in [0.1, 0.15) is 50.2 Å². The zero-order valence-electron chi connectivity index (χ0n) is 16.1. The van der Waals surface area contributed by atoms with Crippen LogP contribution in [0.2, 0.25) is 0 Å². The summed E-state index contributed by atoms with van der Waals surface area (Å²) in [5, 5.41) is 3.55. The van der Waals surface area contributed by atoms with Crippen molar-refractivity contribution in [1.29, 1.82) is 0 Å². The fourth-order valence-electron chi connectivity index (χ4n) is 3.98. The van der Waals surface area contributed by atoms with Gasteiger partial charge in [-0.1, -0.05) is 38.1 Å². The molecular formula is C21H33N3O. The van der Waals surface area contributed by atoms with Crippen LogP contribution in [0, 0.1) is 5.41 Å². The minimum atomic E-state index is 0.385. The molecule has 1 unspecified atom stereocenters. The molecule has 1 atom stereocenters. The third-order valence-electron chi connectivity index (χ3n) is 5.71. The monoisotopic (exact) mass is 343 g/mol. The molecular weight excluding hydrogens is 310 g/mol. The highest BCUT2D eigenvalue weighted by atomic mass is 16.5. The van der Waals surface area contributed by atoms with Crippen molar-refractivity contribution in [3.63, 3.8) is 0 Å². The zero-order chi connectivity index (χ0) is 17.7. The summed E-state index contributed by atoms with van der Waals surface area (Å²) in [6.07, 6.45) is 4.67. The van der Waals surface area contributed by atoms with Crippen LogP contribution in [0.15, 0.2) is 29.3 Å². The minimum absolute atomic E-state index is 0.385. The SMILES string of the molecule is CN=C(NCCCc1ccc(C(C)C)cc1)N1CCC2(CCOC2)C1. The summed E-state index contributed by atoms with van der Waals surface area (Å²) < 4.78 is 5.63. The molecule has 0 radical (unpaired) electrons. The number of rotatable bonds is 5. The predicted molar refractivity (Wildman–Crippen MR) is 104 cm³/mol. The Hall–Kier alpha value is -1.55. The van der Waals surface area contributed by atoms with Crippen LogP contribution in [-0.2, 0) is 11.2 Å². The molecule has 138 valence electrons. The molecule has 0 saturated carbocycles. The van der Waals surface area contributed by atoms with Crippen LogP contribution in [0.4, 0.5) is 0 Å². The average Bonchev–Trinajstić information content (AvgIpc) is 3.25. The van der Waals surface area contributed by atoms with Crippen LogP contribution < -0.4 is 5.32 Å². The maximum Gasteiger partial charge on any atom is 0.193 e. The number of nitrogens with zero attached hydrogens (tertiary/aromatic N) is 2. The molecule has 25 heavy (non-hydrogen) atoms. The lowest BCUT2D eigenvalue weighted by atomic mass is 9.87. The van der Waals surface area contributed by atoms with Crippen LogP contribution in [0.3, 0.4) is 0 Å². The molecule has 1 aromatic rings. The van der Waals surface area contributed by atoms with Crippen LogP contribution in [0.25, 0.3) is 0 Å². The summed E-state index contributed by atoms with van der Waals surface area (Å²) in [7, 11) is 1.89. The van der Waals surface area contributed by atoms with Gasteiger partial charge in [0.1, 0.15) is 0 Å². The Labute approximate surface area is 152 Å². The number of hydrogen-bond donors (Lipinski definition) is 1. The Kier molecular flexibility index (Phi) is 6.00. The van der Waals surface area contributed by atoms with Gasteiger partial charge in [-0.3, -0.25) is 4.99 Å². The van der Waals surface area contributed by atoms with Crippen molar-refractivity contribution in [3.05, 3.63) is 35.4 Å². The highest BCUT2D eigenvalue weighted by Crippen LogP contribution is 2.38. The van der Waals surface area contributed by atoms with Gasteiger partial charge in [0.2, 0.25) is 0 Å². The van der Waals surface area contributed by atoms with Crippen molar-refractivity contribution < 1.29 is 4.74 Å². The Bertz CT molecular complexity index is 573. The minimum Gasteiger partial charge on any atom is -0.381 e. The molecule has 4 heteroatoms. The summed E-state index contributed by atoms with van der Waals surface area (Å²) in [5.74, 6) is 1.66. The number of benzene rings is 1. The average molecular weight is 344 g/mol. The molecule has 1 aromatic carbocycles. The van der Waals surface area contributed by atoms with E-state index in [1.807, 2.05) is 7.05 Å². The standard InChI is InChI=1S/C21H33N3O/c1-17(2)19-8-6-18(7-9-19)5-4-12-23-20(22-3)24-13-10-21(15-24)11-14-25-16-21/h6-9,17H,4-5,10-16H2,1-3H3,(H,22,23). The Morgan fingerprint density at radius 1 is 1.28 bits per heavy atom. The number of aryl methyl sites for hydroxylation is 1. The quantitative estimate of drug-likeness (QED) is 0.505. The second kappa shape index (κ2) is 8.22. The summed E-state index contributed by atoms with van der Waals surface area (Å²) >= 11 is 0. The van der Waals surface area contributed by atoms with Crippen LogP contribution in [-0.4, -0.2) is 50.8 Å². The first-order chi connectivity index (χ1) is 12.1. The van der Waals surface area contributed by atoms with E-state index in [2.05, 4.69) is 53.3 Å². The van der Waals surface area contributed by atoms with E-state index < -0.39 is 0 Å². The molecule has 3 rings (SSSR count). The predicted octanol–water partition coefficient (Wildman–Crippen LogP) is 3.43. The number of likely N-dealkylation sites (tertiary alicyclic amines) is 1. The summed E-state index contributed by atoms with van der Waals surface area (Å²) in [6.45, 7) is 9.49. The lowest BCUT2D eigenvalue weighted by molar-refractivity contribution is 0.156. The van der Waals surface area contributed by atoms with E-state index >= 15 is 0 Å². The van der Waals surface area contributed by atoms with E-state index in [-0.39, 0.29) is 0 Å². The topological polar surface area (TPSA) is 36.9 Å². The molecule has 1 spiro atoms. The largest absolute Gasteiger partial charge is 0.381 e. The Morgan fingerprint density at radius 2 is 2.08 bits per heavy atom. The smallest absolute Gasteiger partial charge is 0.193 e. The molecule has 0 aromatic heterocycles. The van der Waals surface area contributed by atoms with Crippen molar-refractivity contribution in [2.75, 3.05) is 39.9 Å². The molecule has 2 aliphatic rings. The molecule has 4 nitrogen and oxygen atoms in total. The first kappa shape index (κ1) is 18.2. The number of guanidine groups is 1. The number of ether oxygens (including phenoxy) is 1. The highest BCUT2D eigenvalue weighted by molar-refractivity contribution is 5.80. The maximum atomic E-state index is 5.63. The second-order valence-corrected chi connectivity index (χ2v) is 7.95. The van der Waals surface area contributed by atoms with Gasteiger partial charge in [0.25, 0.3) is 0 Å². The van der Waals surface area contributed by atoms with Gasteiger partial charge in [0, 0.05) is 38.7 Å². The molecule has 0 aliphatic carbocycles. The summed E-state index contributed by atoms with van der Waals surface area (Å²) in [5.41, 5.74) is 3.22. The van der Waals surface area contributed by atoms with Crippen molar-refractivity contribution >= 4 is 5.96 Å². The first-order valence-electron chi connectivity index (χ1n) is 9.74. The van der Waals surface area contributed by atoms with Crippen molar-refractivity contribution in [2.45, 2.75) is 45.4 Å². The molecule has 2 heterocycles. The van der Waals surface area contributed by atoms with Gasteiger partial charge < -0.3 is 15.0 Å². The van der Waals surface area contributed by atoms with Gasteiger partial charge in [0.05, 0.1) is 6.61 Å². The van der Waals surface area contributed by atoms with E-state index in [1.54, 1.807) is 0 Å². The fourth-order valence-corrected chi connectivity index (χ4v) is 3.98. The van der Waals surface area contributed by atoms with Gasteiger partial charge >= 0.3 is 0 Å². The van der Waals surface area contributed by atoms with Crippen molar-refractivity contribution in [2.24, 2.45) is 10.4 Å². The zero-order valence-corrected chi connectivity index (χ0v) is 16.1. The van der Waals surface area contributed by atoms with Gasteiger partial charge in [-0.2, -0.15) is 0 Å². The van der Waals surface area contributed by atoms with E-state index in [9.17, 15) is 0 Å². The molecule has 0 bridgehead atoms. The Morgan fingerprint density at radius 3 is 2.72 bits per heavy atom. The molecule has 2 saturated heterocycles. The lowest BCUT2D eigenvalue weighted by Crippen LogP contribution is -2.41. The van der Waals surface area contributed by atoms with Crippen molar-refractivity contribution in [1.82, 2.24) is 10.2 Å². The van der Waals surface area contributed by atoms with Gasteiger partial charge in [-0.05, 0) is 42.7 Å². The molecule has 0 amide bonds. The number of hydrogen-bond acceptors (Lipinski definition) is 2. The third-order valence-corrected chi connectivity index (χ3v) is 5.71. The normalized spacial score (nSPS) is 23.8. The van der Waals surface area contributed by atoms with Crippen LogP contribution >= 0.6 is 0 Å². The fraction of sp³-hybridized carbons (Fsp3) is 0.667. The molecule has 2 aliphatic heterocycles. The Balaban J connectivity index is 1.41. The second-order valence-electron chi connectivity index (χ2n) is 7.95. The number of nitrogens with one attached hydrogen (secondary N) is 1. The maximum absolute atomic E-state index is 5.63. The van der Waals surface area contributed by atoms with E-state index in [0.717, 1.165) is 51.6 Å². The summed E-state index contributed by atoms with van der Waals surface area (Å²) in [6, 6.07) is 9.07. The van der Waals surface area contributed by atoms with E-state index in [1.165, 1.54) is 24.0 Å².